The average molecular weight is 305 g/mol. The summed E-state index contributed by atoms with van der Waals surface area (Å²) in [6.45, 7) is 5.93. The molecule has 0 aliphatic rings. The SMILES string of the molecule is Cc1nc(Sc2nc3c(C)cc(Cl)cc3cc2C)n[nH]1. The number of hydrogen-bond acceptors (Lipinski definition) is 4. The molecule has 0 atom stereocenters. The lowest BCUT2D eigenvalue weighted by Crippen LogP contribution is -1.91. The van der Waals surface area contributed by atoms with E-state index in [9.17, 15) is 0 Å². The van der Waals surface area contributed by atoms with E-state index >= 15 is 0 Å². The third kappa shape index (κ3) is 2.51. The molecule has 1 aromatic carbocycles. The highest BCUT2D eigenvalue weighted by atomic mass is 35.5. The molecule has 3 rings (SSSR count). The molecule has 0 amide bonds. The van der Waals surface area contributed by atoms with E-state index in [0.717, 1.165) is 37.9 Å². The average Bonchev–Trinajstić information content (AvgIpc) is 2.76. The summed E-state index contributed by atoms with van der Waals surface area (Å²) in [6.07, 6.45) is 0. The van der Waals surface area contributed by atoms with Gasteiger partial charge in [0.05, 0.1) is 5.52 Å². The largest absolute Gasteiger partial charge is 0.262 e. The predicted molar refractivity (Wildman–Crippen MR) is 81.5 cm³/mol. The van der Waals surface area contributed by atoms with E-state index in [2.05, 4.69) is 21.2 Å². The number of hydrogen-bond donors (Lipinski definition) is 1. The molecule has 0 saturated carbocycles. The van der Waals surface area contributed by atoms with Gasteiger partial charge in [-0.3, -0.25) is 5.10 Å². The maximum atomic E-state index is 6.09. The minimum Gasteiger partial charge on any atom is -0.262 e. The van der Waals surface area contributed by atoms with Crippen LogP contribution in [0.4, 0.5) is 0 Å². The topological polar surface area (TPSA) is 54.5 Å². The Hall–Kier alpha value is -1.59. The molecule has 0 bridgehead atoms. The Labute approximate surface area is 126 Å². The second kappa shape index (κ2) is 5.07. The van der Waals surface area contributed by atoms with Crippen molar-refractivity contribution in [2.24, 2.45) is 0 Å². The second-order valence-corrected chi connectivity index (χ2v) is 6.10. The molecule has 20 heavy (non-hydrogen) atoms. The van der Waals surface area contributed by atoms with E-state index in [-0.39, 0.29) is 0 Å². The molecule has 6 heteroatoms. The van der Waals surface area contributed by atoms with Crippen LogP contribution in [0, 0.1) is 20.8 Å². The Morgan fingerprint density at radius 2 is 1.85 bits per heavy atom. The van der Waals surface area contributed by atoms with Gasteiger partial charge in [0.1, 0.15) is 10.9 Å². The molecule has 0 aliphatic heterocycles. The van der Waals surface area contributed by atoms with Crippen molar-refractivity contribution in [2.75, 3.05) is 0 Å². The van der Waals surface area contributed by atoms with Crippen LogP contribution in [0.5, 0.6) is 0 Å². The van der Waals surface area contributed by atoms with E-state index in [1.807, 2.05) is 32.9 Å². The van der Waals surface area contributed by atoms with Gasteiger partial charge in [0.25, 0.3) is 0 Å². The van der Waals surface area contributed by atoms with Gasteiger partial charge in [-0.25, -0.2) is 9.97 Å². The number of fused-ring (bicyclic) bond motifs is 1. The van der Waals surface area contributed by atoms with Crippen LogP contribution in [-0.2, 0) is 0 Å². The Morgan fingerprint density at radius 1 is 1.05 bits per heavy atom. The first kappa shape index (κ1) is 13.4. The van der Waals surface area contributed by atoms with Gasteiger partial charge < -0.3 is 0 Å². The van der Waals surface area contributed by atoms with Gasteiger partial charge in [-0.05, 0) is 61.9 Å². The van der Waals surface area contributed by atoms with Gasteiger partial charge in [-0.1, -0.05) is 11.6 Å². The zero-order valence-corrected chi connectivity index (χ0v) is 12.9. The molecule has 2 heterocycles. The van der Waals surface area contributed by atoms with Crippen molar-refractivity contribution in [1.29, 1.82) is 0 Å². The van der Waals surface area contributed by atoms with Gasteiger partial charge in [0.2, 0.25) is 5.16 Å². The van der Waals surface area contributed by atoms with Crippen LogP contribution in [0.1, 0.15) is 17.0 Å². The van der Waals surface area contributed by atoms with Crippen LogP contribution in [-0.4, -0.2) is 20.2 Å². The number of pyridine rings is 1. The van der Waals surface area contributed by atoms with Gasteiger partial charge in [0.15, 0.2) is 0 Å². The number of aromatic nitrogens is 4. The second-order valence-electron chi connectivity index (χ2n) is 4.71. The fourth-order valence-electron chi connectivity index (χ4n) is 2.07. The smallest absolute Gasteiger partial charge is 0.214 e. The third-order valence-electron chi connectivity index (χ3n) is 2.98. The highest BCUT2D eigenvalue weighted by Crippen LogP contribution is 2.30. The van der Waals surface area contributed by atoms with Gasteiger partial charge in [0, 0.05) is 10.4 Å². The zero-order chi connectivity index (χ0) is 14.3. The molecule has 0 aliphatic carbocycles. The Morgan fingerprint density at radius 3 is 2.55 bits per heavy atom. The van der Waals surface area contributed by atoms with E-state index in [4.69, 9.17) is 16.6 Å². The molecule has 3 aromatic rings. The molecule has 102 valence electrons. The maximum absolute atomic E-state index is 6.09. The van der Waals surface area contributed by atoms with Crippen molar-refractivity contribution in [3.63, 3.8) is 0 Å². The van der Waals surface area contributed by atoms with Crippen LogP contribution in [0.3, 0.4) is 0 Å². The molecule has 2 aromatic heterocycles. The van der Waals surface area contributed by atoms with E-state index in [1.165, 1.54) is 11.8 Å². The first-order chi connectivity index (χ1) is 9.52. The minimum absolute atomic E-state index is 0.684. The quantitative estimate of drug-likeness (QED) is 0.775. The maximum Gasteiger partial charge on any atom is 0.214 e. The molecule has 1 N–H and O–H groups in total. The van der Waals surface area contributed by atoms with Crippen LogP contribution >= 0.6 is 23.4 Å². The van der Waals surface area contributed by atoms with Crippen molar-refractivity contribution in [1.82, 2.24) is 20.2 Å². The van der Waals surface area contributed by atoms with Crippen molar-refractivity contribution in [3.05, 3.63) is 40.2 Å². The standard InChI is InChI=1S/C14H13ClN4S/c1-7-5-11(15)6-10-4-8(2)13(17-12(7)10)20-14-16-9(3)18-19-14/h4-6H,1-3H3,(H,16,18,19). The van der Waals surface area contributed by atoms with Crippen molar-refractivity contribution in [3.8, 4) is 0 Å². The summed E-state index contributed by atoms with van der Waals surface area (Å²) in [7, 11) is 0. The predicted octanol–water partition coefficient (Wildman–Crippen LogP) is 4.08. The molecule has 0 spiro atoms. The molecular weight excluding hydrogens is 292 g/mol. The number of nitrogens with one attached hydrogen (secondary N) is 1. The summed E-state index contributed by atoms with van der Waals surface area (Å²) in [6, 6.07) is 5.97. The lowest BCUT2D eigenvalue weighted by atomic mass is 10.1. The summed E-state index contributed by atoms with van der Waals surface area (Å²) in [4.78, 5) is 9.03. The normalized spacial score (nSPS) is 11.2. The van der Waals surface area contributed by atoms with Crippen LogP contribution in [0.15, 0.2) is 28.4 Å². The lowest BCUT2D eigenvalue weighted by molar-refractivity contribution is 0.963. The van der Waals surface area contributed by atoms with Crippen LogP contribution in [0.25, 0.3) is 10.9 Å². The van der Waals surface area contributed by atoms with E-state index in [0.29, 0.717) is 5.16 Å². The summed E-state index contributed by atoms with van der Waals surface area (Å²) in [5.74, 6) is 0.800. The van der Waals surface area contributed by atoms with Gasteiger partial charge in [-0.15, -0.1) is 5.10 Å². The number of aryl methyl sites for hydroxylation is 3. The number of aromatic amines is 1. The van der Waals surface area contributed by atoms with Crippen molar-refractivity contribution < 1.29 is 0 Å². The number of halogens is 1. The van der Waals surface area contributed by atoms with E-state index in [1.54, 1.807) is 0 Å². The van der Waals surface area contributed by atoms with Crippen molar-refractivity contribution >= 4 is 34.3 Å². The molecule has 0 saturated heterocycles. The number of rotatable bonds is 2. The van der Waals surface area contributed by atoms with Gasteiger partial charge in [-0.2, -0.15) is 0 Å². The van der Waals surface area contributed by atoms with Crippen LogP contribution < -0.4 is 0 Å². The fourth-order valence-corrected chi connectivity index (χ4v) is 3.15. The number of nitrogens with zero attached hydrogens (tertiary/aromatic N) is 3. The van der Waals surface area contributed by atoms with Crippen LogP contribution in [0.2, 0.25) is 5.02 Å². The minimum atomic E-state index is 0.684. The molecular formula is C14H13ClN4S. The van der Waals surface area contributed by atoms with Gasteiger partial charge >= 0.3 is 0 Å². The Balaban J connectivity index is 2.09. The Kier molecular flexibility index (Phi) is 3.40. The third-order valence-corrected chi connectivity index (χ3v) is 4.17. The van der Waals surface area contributed by atoms with E-state index < -0.39 is 0 Å². The molecule has 4 nitrogen and oxygen atoms in total. The summed E-state index contributed by atoms with van der Waals surface area (Å²) in [5.41, 5.74) is 3.13. The highest BCUT2D eigenvalue weighted by molar-refractivity contribution is 7.99. The highest BCUT2D eigenvalue weighted by Gasteiger charge is 2.10. The fraction of sp³-hybridized carbons (Fsp3) is 0.214. The molecule has 0 fully saturated rings. The number of benzene rings is 1. The van der Waals surface area contributed by atoms with Crippen molar-refractivity contribution in [2.45, 2.75) is 31.0 Å². The number of H-pyrrole nitrogens is 1. The Bertz CT molecular complexity index is 797. The zero-order valence-electron chi connectivity index (χ0n) is 11.4. The first-order valence-corrected chi connectivity index (χ1v) is 7.37. The molecule has 0 radical (unpaired) electrons. The lowest BCUT2D eigenvalue weighted by Gasteiger charge is -2.07. The summed E-state index contributed by atoms with van der Waals surface area (Å²) < 4.78 is 0. The molecule has 0 unspecified atom stereocenters. The summed E-state index contributed by atoms with van der Waals surface area (Å²) >= 11 is 7.56. The summed E-state index contributed by atoms with van der Waals surface area (Å²) in [5, 5.41) is 10.4. The first-order valence-electron chi connectivity index (χ1n) is 6.17. The monoisotopic (exact) mass is 304 g/mol.